The summed E-state index contributed by atoms with van der Waals surface area (Å²) in [5.41, 5.74) is 3.44. The highest BCUT2D eigenvalue weighted by Gasteiger charge is 2.09. The third-order valence-electron chi connectivity index (χ3n) is 4.17. The average molecular weight is 326 g/mol. The molecule has 128 valence electrons. The van der Waals surface area contributed by atoms with Crippen molar-refractivity contribution in [2.24, 2.45) is 0 Å². The molecule has 0 fully saturated rings. The maximum atomic E-state index is 11.7. The lowest BCUT2D eigenvalue weighted by molar-refractivity contribution is 0.0970. The summed E-state index contributed by atoms with van der Waals surface area (Å²) in [4.78, 5) is 11.7. The molecule has 0 amide bonds. The number of hydrogen-bond donors (Lipinski definition) is 0. The van der Waals surface area contributed by atoms with Crippen LogP contribution in [0.5, 0.6) is 5.75 Å². The fourth-order valence-corrected chi connectivity index (χ4v) is 2.54. The molecule has 0 bridgehead atoms. The van der Waals surface area contributed by atoms with E-state index in [0.717, 1.165) is 43.2 Å². The summed E-state index contributed by atoms with van der Waals surface area (Å²) in [5.74, 6) is 0.572. The van der Waals surface area contributed by atoms with Gasteiger partial charge in [0.25, 0.3) is 0 Å². The molecule has 0 heterocycles. The van der Waals surface area contributed by atoms with Gasteiger partial charge in [-0.2, -0.15) is 0 Å². The van der Waals surface area contributed by atoms with Crippen LogP contribution in [0.1, 0.15) is 42.4 Å². The molecule has 0 aliphatic heterocycles. The summed E-state index contributed by atoms with van der Waals surface area (Å²) in [6.45, 7) is 4.34. The van der Waals surface area contributed by atoms with E-state index in [-0.39, 0.29) is 0 Å². The molecule has 0 aromatic heterocycles. The van der Waals surface area contributed by atoms with Gasteiger partial charge in [-0.15, -0.1) is 0 Å². The monoisotopic (exact) mass is 326 g/mol. The summed E-state index contributed by atoms with van der Waals surface area (Å²) in [7, 11) is 0. The number of rotatable bonds is 8. The largest absolute Gasteiger partial charge is 0.513 e. The Hall–Kier alpha value is -2.29. The second-order valence-corrected chi connectivity index (χ2v) is 6.05. The van der Waals surface area contributed by atoms with Crippen LogP contribution in [0.4, 0.5) is 4.79 Å². The molecule has 0 aliphatic rings. The van der Waals surface area contributed by atoms with Crippen molar-refractivity contribution < 1.29 is 14.3 Å². The van der Waals surface area contributed by atoms with Gasteiger partial charge in [0.2, 0.25) is 0 Å². The second-order valence-electron chi connectivity index (χ2n) is 6.05. The molecule has 3 nitrogen and oxygen atoms in total. The third kappa shape index (κ3) is 6.07. The summed E-state index contributed by atoms with van der Waals surface area (Å²) in [5, 5.41) is 0. The van der Waals surface area contributed by atoms with E-state index in [1.54, 1.807) is 6.07 Å². The molecule has 0 saturated heterocycles. The molecule has 0 radical (unpaired) electrons. The van der Waals surface area contributed by atoms with Crippen LogP contribution in [-0.4, -0.2) is 12.8 Å². The molecule has 0 saturated carbocycles. The zero-order chi connectivity index (χ0) is 17.2. The Labute approximate surface area is 144 Å². The minimum atomic E-state index is -0.618. The Morgan fingerprint density at radius 3 is 2.42 bits per heavy atom. The van der Waals surface area contributed by atoms with E-state index < -0.39 is 6.16 Å². The second kappa shape index (κ2) is 9.76. The molecule has 0 spiro atoms. The van der Waals surface area contributed by atoms with E-state index in [0.29, 0.717) is 12.4 Å². The van der Waals surface area contributed by atoms with Crippen molar-refractivity contribution in [2.75, 3.05) is 6.61 Å². The van der Waals surface area contributed by atoms with Crippen LogP contribution in [0.3, 0.4) is 0 Å². The lowest BCUT2D eigenvalue weighted by atomic mass is 10.1. The van der Waals surface area contributed by atoms with Gasteiger partial charge in [-0.05, 0) is 55.9 Å². The van der Waals surface area contributed by atoms with Crippen LogP contribution in [0.15, 0.2) is 48.5 Å². The average Bonchev–Trinajstić information content (AvgIpc) is 2.59. The molecule has 2 aromatic rings. The van der Waals surface area contributed by atoms with E-state index in [4.69, 9.17) is 9.47 Å². The molecule has 0 atom stereocenters. The molecule has 2 rings (SSSR count). The summed E-state index contributed by atoms with van der Waals surface area (Å²) < 4.78 is 10.4. The molecule has 24 heavy (non-hydrogen) atoms. The molecular weight excluding hydrogens is 300 g/mol. The molecule has 0 N–H and O–H groups in total. The lowest BCUT2D eigenvalue weighted by Gasteiger charge is -2.09. The first-order chi connectivity index (χ1) is 11.7. The van der Waals surface area contributed by atoms with Crippen molar-refractivity contribution in [1.82, 2.24) is 0 Å². The predicted octanol–water partition coefficient (Wildman–Crippen LogP) is 5.62. The van der Waals surface area contributed by atoms with Crippen molar-refractivity contribution in [3.63, 3.8) is 0 Å². The Balaban J connectivity index is 1.55. The number of unbranched alkanes of at least 4 members (excludes halogenated alkanes) is 3. The van der Waals surface area contributed by atoms with Gasteiger partial charge in [0.15, 0.2) is 0 Å². The maximum absolute atomic E-state index is 11.7. The first-order valence-electron chi connectivity index (χ1n) is 8.61. The zero-order valence-electron chi connectivity index (χ0n) is 14.6. The van der Waals surface area contributed by atoms with Gasteiger partial charge >= 0.3 is 6.16 Å². The fourth-order valence-electron chi connectivity index (χ4n) is 2.54. The Bertz CT molecular complexity index is 635. The lowest BCUT2D eigenvalue weighted by Crippen LogP contribution is -2.12. The molecule has 0 unspecified atom stereocenters. The number of ether oxygens (including phenoxy) is 2. The Kier molecular flexibility index (Phi) is 7.34. The zero-order valence-corrected chi connectivity index (χ0v) is 14.6. The molecule has 3 heteroatoms. The van der Waals surface area contributed by atoms with Crippen molar-refractivity contribution >= 4 is 6.16 Å². The minimum Gasteiger partial charge on any atom is -0.434 e. The van der Waals surface area contributed by atoms with E-state index in [1.807, 2.05) is 32.0 Å². The summed E-state index contributed by atoms with van der Waals surface area (Å²) >= 11 is 0. The highest BCUT2D eigenvalue weighted by molar-refractivity contribution is 5.64. The molecule has 2 aromatic carbocycles. The number of carbonyl (C=O) groups is 1. The van der Waals surface area contributed by atoms with Crippen LogP contribution >= 0.6 is 0 Å². The highest BCUT2D eigenvalue weighted by Crippen LogP contribution is 2.21. The summed E-state index contributed by atoms with van der Waals surface area (Å²) in [6, 6.07) is 16.2. The fraction of sp³-hybridized carbons (Fsp3) is 0.381. The molecule has 0 aliphatic carbocycles. The SMILES string of the molecule is Cc1cccc(OC(=O)OCCCCCCc2ccccc2)c1C. The topological polar surface area (TPSA) is 35.5 Å². The third-order valence-corrected chi connectivity index (χ3v) is 4.17. The van der Waals surface area contributed by atoms with Gasteiger partial charge < -0.3 is 9.47 Å². The predicted molar refractivity (Wildman–Crippen MR) is 96.5 cm³/mol. The van der Waals surface area contributed by atoms with Crippen LogP contribution in [-0.2, 0) is 11.2 Å². The van der Waals surface area contributed by atoms with Crippen molar-refractivity contribution in [2.45, 2.75) is 46.0 Å². The van der Waals surface area contributed by atoms with Crippen LogP contribution in [0.2, 0.25) is 0 Å². The minimum absolute atomic E-state index is 0.412. The first kappa shape index (κ1) is 18.1. The van der Waals surface area contributed by atoms with Gasteiger partial charge in [0, 0.05) is 0 Å². The van der Waals surface area contributed by atoms with Crippen LogP contribution < -0.4 is 4.74 Å². The van der Waals surface area contributed by atoms with Gasteiger partial charge in [-0.3, -0.25) is 0 Å². The van der Waals surface area contributed by atoms with Crippen LogP contribution in [0.25, 0.3) is 0 Å². The number of hydrogen-bond acceptors (Lipinski definition) is 3. The smallest absolute Gasteiger partial charge is 0.434 e. The van der Waals surface area contributed by atoms with Crippen molar-refractivity contribution in [3.8, 4) is 5.75 Å². The number of aryl methyl sites for hydroxylation is 2. The first-order valence-corrected chi connectivity index (χ1v) is 8.61. The van der Waals surface area contributed by atoms with Gasteiger partial charge in [-0.25, -0.2) is 4.79 Å². The standard InChI is InChI=1S/C21H26O3/c1-17-11-10-15-20(18(17)2)24-21(22)23-16-9-4-3-6-12-19-13-7-5-8-14-19/h5,7-8,10-11,13-15H,3-4,6,9,12,16H2,1-2H3. The quantitative estimate of drug-likeness (QED) is 0.359. The maximum Gasteiger partial charge on any atom is 0.513 e. The van der Waals surface area contributed by atoms with E-state index >= 15 is 0 Å². The van der Waals surface area contributed by atoms with Gasteiger partial charge in [-0.1, -0.05) is 55.3 Å². The Morgan fingerprint density at radius 2 is 1.62 bits per heavy atom. The molecular formula is C21H26O3. The van der Waals surface area contributed by atoms with Crippen LogP contribution in [0, 0.1) is 13.8 Å². The highest BCUT2D eigenvalue weighted by atomic mass is 16.7. The van der Waals surface area contributed by atoms with Gasteiger partial charge in [0.1, 0.15) is 5.75 Å². The summed E-state index contributed by atoms with van der Waals surface area (Å²) in [6.07, 6.45) is 4.73. The van der Waals surface area contributed by atoms with Crippen molar-refractivity contribution in [3.05, 3.63) is 65.2 Å². The van der Waals surface area contributed by atoms with E-state index in [9.17, 15) is 4.79 Å². The van der Waals surface area contributed by atoms with E-state index in [2.05, 4.69) is 24.3 Å². The van der Waals surface area contributed by atoms with E-state index in [1.165, 1.54) is 5.56 Å². The van der Waals surface area contributed by atoms with Gasteiger partial charge in [0.05, 0.1) is 6.61 Å². The number of carbonyl (C=O) groups excluding carboxylic acids is 1. The normalized spacial score (nSPS) is 10.4. The van der Waals surface area contributed by atoms with Crippen molar-refractivity contribution in [1.29, 1.82) is 0 Å². The number of benzene rings is 2. The Morgan fingerprint density at radius 1 is 0.875 bits per heavy atom.